The highest BCUT2D eigenvalue weighted by Gasteiger charge is 2.18. The first-order chi connectivity index (χ1) is 7.75. The second-order valence-electron chi connectivity index (χ2n) is 4.31. The zero-order valence-electron chi connectivity index (χ0n) is 9.32. The molecule has 0 unspecified atom stereocenters. The number of ether oxygens (including phenoxy) is 1. The first kappa shape index (κ1) is 11.1. The number of Topliss-reactive ketones (excluding diaryl/α,β-unsaturated/α-hetero) is 1. The van der Waals surface area contributed by atoms with Gasteiger partial charge in [0, 0.05) is 30.9 Å². The Bertz CT molecular complexity index is 370. The fourth-order valence-electron chi connectivity index (χ4n) is 2.04. The lowest BCUT2D eigenvalue weighted by atomic mass is 9.92. The average molecular weight is 219 g/mol. The molecule has 0 aromatic heterocycles. The number of rotatable bonds is 3. The molecule has 0 saturated carbocycles. The van der Waals surface area contributed by atoms with Crippen molar-refractivity contribution >= 4 is 11.5 Å². The Kier molecular flexibility index (Phi) is 3.57. The van der Waals surface area contributed by atoms with Crippen LogP contribution in [0.1, 0.15) is 29.6 Å². The molecule has 1 aliphatic rings. The second-order valence-corrected chi connectivity index (χ2v) is 4.31. The van der Waals surface area contributed by atoms with Crippen molar-refractivity contribution in [3.63, 3.8) is 0 Å². The highest BCUT2D eigenvalue weighted by Crippen LogP contribution is 2.21. The number of ketones is 1. The van der Waals surface area contributed by atoms with Crippen LogP contribution in [-0.2, 0) is 4.74 Å². The average Bonchev–Trinajstić information content (AvgIpc) is 2.30. The summed E-state index contributed by atoms with van der Waals surface area (Å²) in [5, 5.41) is 0. The number of carbonyl (C=O) groups excluding carboxylic acids is 1. The monoisotopic (exact) mass is 219 g/mol. The van der Waals surface area contributed by atoms with Crippen LogP contribution in [0, 0.1) is 5.92 Å². The molecule has 2 N–H and O–H groups in total. The van der Waals surface area contributed by atoms with E-state index >= 15 is 0 Å². The first-order valence-corrected chi connectivity index (χ1v) is 5.72. The van der Waals surface area contributed by atoms with Gasteiger partial charge in [-0.3, -0.25) is 4.79 Å². The number of hydrogen-bond acceptors (Lipinski definition) is 3. The van der Waals surface area contributed by atoms with Gasteiger partial charge in [-0.1, -0.05) is 12.1 Å². The van der Waals surface area contributed by atoms with Gasteiger partial charge in [-0.05, 0) is 30.9 Å². The SMILES string of the molecule is Nc1cccc(C(=O)CC2CCOCC2)c1. The number of nitrogen functional groups attached to an aromatic ring is 1. The van der Waals surface area contributed by atoms with Crippen molar-refractivity contribution in [2.24, 2.45) is 5.92 Å². The minimum absolute atomic E-state index is 0.194. The molecule has 0 bridgehead atoms. The maximum Gasteiger partial charge on any atom is 0.163 e. The zero-order chi connectivity index (χ0) is 11.4. The molecule has 0 aliphatic carbocycles. The van der Waals surface area contributed by atoms with Gasteiger partial charge in [-0.25, -0.2) is 0 Å². The fraction of sp³-hybridized carbons (Fsp3) is 0.462. The molecule has 2 rings (SSSR count). The summed E-state index contributed by atoms with van der Waals surface area (Å²) in [6.07, 6.45) is 2.61. The molecule has 3 nitrogen and oxygen atoms in total. The van der Waals surface area contributed by atoms with Gasteiger partial charge in [-0.2, -0.15) is 0 Å². The van der Waals surface area contributed by atoms with Crippen LogP contribution in [0.3, 0.4) is 0 Å². The second kappa shape index (κ2) is 5.12. The summed E-state index contributed by atoms with van der Waals surface area (Å²) < 4.78 is 5.27. The van der Waals surface area contributed by atoms with Crippen LogP contribution in [0.4, 0.5) is 5.69 Å². The van der Waals surface area contributed by atoms with Crippen molar-refractivity contribution in [3.05, 3.63) is 29.8 Å². The number of carbonyl (C=O) groups is 1. The molecular formula is C13H17NO2. The van der Waals surface area contributed by atoms with E-state index in [9.17, 15) is 4.79 Å². The van der Waals surface area contributed by atoms with Gasteiger partial charge in [0.25, 0.3) is 0 Å². The summed E-state index contributed by atoms with van der Waals surface area (Å²) in [5.74, 6) is 0.668. The van der Waals surface area contributed by atoms with Crippen LogP contribution in [0.25, 0.3) is 0 Å². The maximum atomic E-state index is 12.0. The predicted molar refractivity (Wildman–Crippen MR) is 63.3 cm³/mol. The minimum atomic E-state index is 0.194. The van der Waals surface area contributed by atoms with Crippen LogP contribution in [0.15, 0.2) is 24.3 Å². The lowest BCUT2D eigenvalue weighted by molar-refractivity contribution is 0.0601. The third-order valence-electron chi connectivity index (χ3n) is 3.02. The highest BCUT2D eigenvalue weighted by molar-refractivity contribution is 5.96. The van der Waals surface area contributed by atoms with Crippen molar-refractivity contribution in [1.29, 1.82) is 0 Å². The van der Waals surface area contributed by atoms with E-state index in [0.29, 0.717) is 18.0 Å². The lowest BCUT2D eigenvalue weighted by Gasteiger charge is -2.21. The molecule has 1 heterocycles. The van der Waals surface area contributed by atoms with Crippen molar-refractivity contribution in [3.8, 4) is 0 Å². The van der Waals surface area contributed by atoms with E-state index < -0.39 is 0 Å². The van der Waals surface area contributed by atoms with Crippen molar-refractivity contribution in [1.82, 2.24) is 0 Å². The third-order valence-corrected chi connectivity index (χ3v) is 3.02. The molecule has 16 heavy (non-hydrogen) atoms. The standard InChI is InChI=1S/C13H17NO2/c14-12-3-1-2-11(9-12)13(15)8-10-4-6-16-7-5-10/h1-3,9-10H,4-8,14H2. The summed E-state index contributed by atoms with van der Waals surface area (Å²) >= 11 is 0. The van der Waals surface area contributed by atoms with Gasteiger partial charge in [0.05, 0.1) is 0 Å². The van der Waals surface area contributed by atoms with E-state index in [1.54, 1.807) is 12.1 Å². The van der Waals surface area contributed by atoms with Gasteiger partial charge >= 0.3 is 0 Å². The van der Waals surface area contributed by atoms with E-state index in [1.165, 1.54) is 0 Å². The topological polar surface area (TPSA) is 52.3 Å². The Hall–Kier alpha value is -1.35. The van der Waals surface area contributed by atoms with Crippen LogP contribution < -0.4 is 5.73 Å². The first-order valence-electron chi connectivity index (χ1n) is 5.72. The Balaban J connectivity index is 1.97. The third kappa shape index (κ3) is 2.83. The highest BCUT2D eigenvalue weighted by atomic mass is 16.5. The molecule has 0 spiro atoms. The van der Waals surface area contributed by atoms with Crippen molar-refractivity contribution in [2.75, 3.05) is 18.9 Å². The van der Waals surface area contributed by atoms with E-state index in [0.717, 1.165) is 31.6 Å². The Morgan fingerprint density at radius 3 is 2.81 bits per heavy atom. The molecule has 1 aromatic rings. The lowest BCUT2D eigenvalue weighted by Crippen LogP contribution is -2.18. The molecule has 1 fully saturated rings. The van der Waals surface area contributed by atoms with E-state index in [-0.39, 0.29) is 5.78 Å². The van der Waals surface area contributed by atoms with Gasteiger partial charge in [0.15, 0.2) is 5.78 Å². The van der Waals surface area contributed by atoms with Crippen molar-refractivity contribution in [2.45, 2.75) is 19.3 Å². The molecule has 86 valence electrons. The number of nitrogens with two attached hydrogens (primary N) is 1. The molecule has 1 aromatic carbocycles. The van der Waals surface area contributed by atoms with Gasteiger partial charge in [0.1, 0.15) is 0 Å². The summed E-state index contributed by atoms with van der Waals surface area (Å²) in [6.45, 7) is 1.57. The number of benzene rings is 1. The number of hydrogen-bond donors (Lipinski definition) is 1. The summed E-state index contributed by atoms with van der Waals surface area (Å²) in [6, 6.07) is 7.21. The molecular weight excluding hydrogens is 202 g/mol. The van der Waals surface area contributed by atoms with Gasteiger partial charge in [0.2, 0.25) is 0 Å². The Morgan fingerprint density at radius 1 is 1.38 bits per heavy atom. The molecule has 3 heteroatoms. The summed E-state index contributed by atoms with van der Waals surface area (Å²) in [5.41, 5.74) is 7.04. The smallest absolute Gasteiger partial charge is 0.163 e. The normalized spacial score (nSPS) is 17.2. The molecule has 0 radical (unpaired) electrons. The molecule has 1 saturated heterocycles. The summed E-state index contributed by atoms with van der Waals surface area (Å²) in [4.78, 5) is 12.0. The minimum Gasteiger partial charge on any atom is -0.399 e. The van der Waals surface area contributed by atoms with Crippen LogP contribution >= 0.6 is 0 Å². The van der Waals surface area contributed by atoms with Crippen LogP contribution in [0.5, 0.6) is 0 Å². The zero-order valence-corrected chi connectivity index (χ0v) is 9.32. The fourth-order valence-corrected chi connectivity index (χ4v) is 2.04. The van der Waals surface area contributed by atoms with E-state index in [4.69, 9.17) is 10.5 Å². The Morgan fingerprint density at radius 2 is 2.12 bits per heavy atom. The largest absolute Gasteiger partial charge is 0.399 e. The Labute approximate surface area is 95.6 Å². The molecule has 1 aliphatic heterocycles. The molecule has 0 atom stereocenters. The molecule has 0 amide bonds. The van der Waals surface area contributed by atoms with Crippen LogP contribution in [-0.4, -0.2) is 19.0 Å². The van der Waals surface area contributed by atoms with Crippen molar-refractivity contribution < 1.29 is 9.53 Å². The van der Waals surface area contributed by atoms with Gasteiger partial charge in [-0.15, -0.1) is 0 Å². The van der Waals surface area contributed by atoms with E-state index in [2.05, 4.69) is 0 Å². The predicted octanol–water partition coefficient (Wildman–Crippen LogP) is 2.27. The summed E-state index contributed by atoms with van der Waals surface area (Å²) in [7, 11) is 0. The van der Waals surface area contributed by atoms with Gasteiger partial charge < -0.3 is 10.5 Å². The number of anilines is 1. The maximum absolute atomic E-state index is 12.0. The quantitative estimate of drug-likeness (QED) is 0.626. The van der Waals surface area contributed by atoms with Crippen LogP contribution in [0.2, 0.25) is 0 Å². The van der Waals surface area contributed by atoms with E-state index in [1.807, 2.05) is 12.1 Å².